The maximum Gasteiger partial charge on any atom is 0.180 e. The largest absolute Gasteiger partial charge is 0.394 e. The standard InChI is InChI=1S/C9H16O3/c1-6(2)7(3)9-11-5-8(4-10)12-9/h6,8-10H,3-5H2,1-2H3. The second kappa shape index (κ2) is 4.03. The van der Waals surface area contributed by atoms with Gasteiger partial charge in [-0.3, -0.25) is 0 Å². The molecule has 0 saturated carbocycles. The molecule has 1 rings (SSSR count). The molecule has 0 aromatic rings. The molecule has 1 saturated heterocycles. The highest BCUT2D eigenvalue weighted by molar-refractivity contribution is 5.03. The minimum atomic E-state index is -0.317. The Kier molecular flexibility index (Phi) is 3.26. The molecule has 0 aromatic carbocycles. The molecule has 0 aromatic heterocycles. The zero-order valence-electron chi connectivity index (χ0n) is 7.62. The van der Waals surface area contributed by atoms with Crippen molar-refractivity contribution in [2.75, 3.05) is 13.2 Å². The lowest BCUT2D eigenvalue weighted by Gasteiger charge is -2.15. The molecule has 3 heteroatoms. The van der Waals surface area contributed by atoms with Gasteiger partial charge in [0.05, 0.1) is 13.2 Å². The van der Waals surface area contributed by atoms with Crippen LogP contribution >= 0.6 is 0 Å². The van der Waals surface area contributed by atoms with E-state index in [1.54, 1.807) is 0 Å². The van der Waals surface area contributed by atoms with E-state index in [-0.39, 0.29) is 19.0 Å². The molecule has 1 fully saturated rings. The maximum atomic E-state index is 8.77. The van der Waals surface area contributed by atoms with Crippen LogP contribution in [-0.4, -0.2) is 30.7 Å². The summed E-state index contributed by atoms with van der Waals surface area (Å²) in [7, 11) is 0. The minimum absolute atomic E-state index is 0.0157. The van der Waals surface area contributed by atoms with Crippen LogP contribution in [0, 0.1) is 5.92 Å². The fourth-order valence-corrected chi connectivity index (χ4v) is 1.01. The topological polar surface area (TPSA) is 38.7 Å². The monoisotopic (exact) mass is 172 g/mol. The Hall–Kier alpha value is -0.380. The van der Waals surface area contributed by atoms with E-state index in [4.69, 9.17) is 14.6 Å². The molecule has 12 heavy (non-hydrogen) atoms. The lowest BCUT2D eigenvalue weighted by Crippen LogP contribution is -2.18. The molecule has 1 aliphatic heterocycles. The molecule has 0 radical (unpaired) electrons. The third-order valence-corrected chi connectivity index (χ3v) is 2.00. The Morgan fingerprint density at radius 2 is 2.33 bits per heavy atom. The van der Waals surface area contributed by atoms with Gasteiger partial charge in [-0.2, -0.15) is 0 Å². The molecule has 0 aliphatic carbocycles. The average molecular weight is 172 g/mol. The van der Waals surface area contributed by atoms with Crippen LogP contribution in [-0.2, 0) is 9.47 Å². The summed E-state index contributed by atoms with van der Waals surface area (Å²) in [5.41, 5.74) is 0.936. The van der Waals surface area contributed by atoms with Crippen LogP contribution in [0.1, 0.15) is 13.8 Å². The Morgan fingerprint density at radius 1 is 1.67 bits per heavy atom. The van der Waals surface area contributed by atoms with Gasteiger partial charge in [0.25, 0.3) is 0 Å². The molecule has 2 unspecified atom stereocenters. The van der Waals surface area contributed by atoms with Crippen LogP contribution in [0.5, 0.6) is 0 Å². The first kappa shape index (κ1) is 9.71. The average Bonchev–Trinajstić information content (AvgIpc) is 2.50. The molecular weight excluding hydrogens is 156 g/mol. The number of rotatable bonds is 3. The summed E-state index contributed by atoms with van der Waals surface area (Å²) >= 11 is 0. The van der Waals surface area contributed by atoms with Gasteiger partial charge in [0, 0.05) is 0 Å². The molecule has 0 amide bonds. The van der Waals surface area contributed by atoms with Crippen LogP contribution in [0.2, 0.25) is 0 Å². The van der Waals surface area contributed by atoms with Crippen molar-refractivity contribution in [1.29, 1.82) is 0 Å². The first-order valence-corrected chi connectivity index (χ1v) is 4.21. The molecule has 70 valence electrons. The van der Waals surface area contributed by atoms with Crippen LogP contribution in [0.15, 0.2) is 12.2 Å². The van der Waals surface area contributed by atoms with E-state index >= 15 is 0 Å². The Balaban J connectivity index is 2.41. The van der Waals surface area contributed by atoms with Crippen LogP contribution < -0.4 is 0 Å². The second-order valence-corrected chi connectivity index (χ2v) is 3.34. The van der Waals surface area contributed by atoms with Crippen molar-refractivity contribution in [3.05, 3.63) is 12.2 Å². The van der Waals surface area contributed by atoms with Crippen molar-refractivity contribution in [3.8, 4) is 0 Å². The molecule has 1 aliphatic rings. The van der Waals surface area contributed by atoms with Gasteiger partial charge in [-0.15, -0.1) is 0 Å². The highest BCUT2D eigenvalue weighted by Gasteiger charge is 2.28. The predicted octanol–water partition coefficient (Wildman–Crippen LogP) is 0.932. The number of hydrogen-bond donors (Lipinski definition) is 1. The number of aliphatic hydroxyl groups excluding tert-OH is 1. The van der Waals surface area contributed by atoms with E-state index in [1.165, 1.54) is 0 Å². The van der Waals surface area contributed by atoms with E-state index in [1.807, 2.05) is 13.8 Å². The van der Waals surface area contributed by atoms with E-state index < -0.39 is 0 Å². The SMILES string of the molecule is C=C(C(C)C)C1OCC(CO)O1. The zero-order chi connectivity index (χ0) is 9.14. The van der Waals surface area contributed by atoms with Crippen LogP contribution in [0.25, 0.3) is 0 Å². The van der Waals surface area contributed by atoms with Crippen molar-refractivity contribution >= 4 is 0 Å². The smallest absolute Gasteiger partial charge is 0.180 e. The summed E-state index contributed by atoms with van der Waals surface area (Å²) in [4.78, 5) is 0. The van der Waals surface area contributed by atoms with Gasteiger partial charge in [0.1, 0.15) is 6.10 Å². The fraction of sp³-hybridized carbons (Fsp3) is 0.778. The van der Waals surface area contributed by atoms with Gasteiger partial charge in [-0.25, -0.2) is 0 Å². The van der Waals surface area contributed by atoms with Crippen molar-refractivity contribution in [2.24, 2.45) is 5.92 Å². The zero-order valence-corrected chi connectivity index (χ0v) is 7.62. The number of hydrogen-bond acceptors (Lipinski definition) is 3. The van der Waals surface area contributed by atoms with Gasteiger partial charge >= 0.3 is 0 Å². The fourth-order valence-electron chi connectivity index (χ4n) is 1.01. The molecule has 0 bridgehead atoms. The first-order chi connectivity index (χ1) is 5.65. The van der Waals surface area contributed by atoms with Crippen molar-refractivity contribution in [3.63, 3.8) is 0 Å². The van der Waals surface area contributed by atoms with Gasteiger partial charge in [-0.1, -0.05) is 20.4 Å². The summed E-state index contributed by atoms with van der Waals surface area (Å²) in [5, 5.41) is 8.77. The quantitative estimate of drug-likeness (QED) is 0.644. The normalized spacial score (nSPS) is 29.7. The van der Waals surface area contributed by atoms with Crippen molar-refractivity contribution in [2.45, 2.75) is 26.2 Å². The van der Waals surface area contributed by atoms with E-state index in [0.29, 0.717) is 12.5 Å². The Labute approximate surface area is 73.0 Å². The summed E-state index contributed by atoms with van der Waals surface area (Å²) in [5.74, 6) is 0.354. The number of ether oxygens (including phenoxy) is 2. The van der Waals surface area contributed by atoms with Crippen molar-refractivity contribution < 1.29 is 14.6 Å². The van der Waals surface area contributed by atoms with E-state index in [0.717, 1.165) is 5.57 Å². The third kappa shape index (κ3) is 2.06. The molecular formula is C9H16O3. The summed E-state index contributed by atoms with van der Waals surface area (Å²) in [6, 6.07) is 0. The van der Waals surface area contributed by atoms with Crippen LogP contribution in [0.4, 0.5) is 0 Å². The maximum absolute atomic E-state index is 8.77. The highest BCUT2D eigenvalue weighted by Crippen LogP contribution is 2.22. The highest BCUT2D eigenvalue weighted by atomic mass is 16.7. The van der Waals surface area contributed by atoms with E-state index in [2.05, 4.69) is 6.58 Å². The lowest BCUT2D eigenvalue weighted by molar-refractivity contribution is -0.0423. The molecule has 2 atom stereocenters. The van der Waals surface area contributed by atoms with Crippen molar-refractivity contribution in [1.82, 2.24) is 0 Å². The van der Waals surface area contributed by atoms with Crippen LogP contribution in [0.3, 0.4) is 0 Å². The van der Waals surface area contributed by atoms with E-state index in [9.17, 15) is 0 Å². The summed E-state index contributed by atoms with van der Waals surface area (Å²) in [6.07, 6.45) is -0.493. The predicted molar refractivity (Wildman–Crippen MR) is 45.7 cm³/mol. The lowest BCUT2D eigenvalue weighted by atomic mass is 10.1. The van der Waals surface area contributed by atoms with Gasteiger partial charge in [-0.05, 0) is 11.5 Å². The summed E-state index contributed by atoms with van der Waals surface area (Å²) in [6.45, 7) is 8.44. The number of aliphatic hydroxyl groups is 1. The molecule has 3 nitrogen and oxygen atoms in total. The first-order valence-electron chi connectivity index (χ1n) is 4.21. The minimum Gasteiger partial charge on any atom is -0.394 e. The molecule has 1 N–H and O–H groups in total. The Bertz CT molecular complexity index is 165. The molecule has 1 heterocycles. The second-order valence-electron chi connectivity index (χ2n) is 3.34. The third-order valence-electron chi connectivity index (χ3n) is 2.00. The van der Waals surface area contributed by atoms with Gasteiger partial charge < -0.3 is 14.6 Å². The molecule has 0 spiro atoms. The Morgan fingerprint density at radius 3 is 2.75 bits per heavy atom. The summed E-state index contributed by atoms with van der Waals surface area (Å²) < 4.78 is 10.7. The van der Waals surface area contributed by atoms with Gasteiger partial charge in [0.15, 0.2) is 6.29 Å². The van der Waals surface area contributed by atoms with Gasteiger partial charge in [0.2, 0.25) is 0 Å².